The maximum Gasteiger partial charge on any atom is 0.172 e. The highest BCUT2D eigenvalue weighted by atomic mass is 32.1. The molecule has 3 rings (SSSR count). The second-order valence-electron chi connectivity index (χ2n) is 5.37. The molecule has 1 N–H and O–H groups in total. The van der Waals surface area contributed by atoms with Gasteiger partial charge in [0, 0.05) is 11.2 Å². The Morgan fingerprint density at radius 1 is 1.43 bits per heavy atom. The molecule has 5 heteroatoms. The van der Waals surface area contributed by atoms with E-state index < -0.39 is 6.23 Å². The Balaban J connectivity index is 1.38. The predicted molar refractivity (Wildman–Crippen MR) is 83.6 cm³/mol. The molecule has 0 aliphatic carbocycles. The first-order chi connectivity index (χ1) is 10.2. The first-order valence-electron chi connectivity index (χ1n) is 7.20. The number of carbonyl (C=O) groups is 1. The molecule has 2 heterocycles. The van der Waals surface area contributed by atoms with E-state index in [1.165, 1.54) is 15.6 Å². The van der Waals surface area contributed by atoms with Gasteiger partial charge >= 0.3 is 0 Å². The van der Waals surface area contributed by atoms with Crippen LogP contribution in [0.1, 0.15) is 12.0 Å². The highest BCUT2D eigenvalue weighted by Gasteiger charge is 2.26. The summed E-state index contributed by atoms with van der Waals surface area (Å²) in [6, 6.07) is 8.53. The molecule has 1 aromatic carbocycles. The molecule has 0 saturated carbocycles. The van der Waals surface area contributed by atoms with E-state index >= 15 is 0 Å². The van der Waals surface area contributed by atoms with Gasteiger partial charge in [0.2, 0.25) is 0 Å². The number of ether oxygens (including phenoxy) is 1. The van der Waals surface area contributed by atoms with Gasteiger partial charge in [0.05, 0.1) is 13.2 Å². The van der Waals surface area contributed by atoms with Crippen LogP contribution in [0.5, 0.6) is 0 Å². The number of likely N-dealkylation sites (tertiary alicyclic amines) is 1. The number of Topliss-reactive ketones (excluding diaryl/α,β-unsaturated/α-hetero) is 1. The van der Waals surface area contributed by atoms with Crippen molar-refractivity contribution in [2.24, 2.45) is 0 Å². The molecule has 0 bridgehead atoms. The van der Waals surface area contributed by atoms with Crippen molar-refractivity contribution in [1.82, 2.24) is 4.90 Å². The summed E-state index contributed by atoms with van der Waals surface area (Å²) in [6.07, 6.45) is 1.14. The van der Waals surface area contributed by atoms with Crippen LogP contribution >= 0.6 is 11.3 Å². The normalized spacial score (nSPS) is 18.8. The van der Waals surface area contributed by atoms with E-state index in [1.54, 1.807) is 16.2 Å². The highest BCUT2D eigenvalue weighted by Crippen LogP contribution is 2.21. The average molecular weight is 305 g/mol. The Morgan fingerprint density at radius 3 is 3.10 bits per heavy atom. The lowest BCUT2D eigenvalue weighted by molar-refractivity contribution is -0.133. The van der Waals surface area contributed by atoms with E-state index in [4.69, 9.17) is 4.74 Å². The molecule has 1 aliphatic rings. The molecule has 4 nitrogen and oxygen atoms in total. The van der Waals surface area contributed by atoms with Crippen LogP contribution in [0.3, 0.4) is 0 Å². The number of fused-ring (bicyclic) bond motifs is 1. The fraction of sp³-hybridized carbons (Fsp3) is 0.438. The van der Waals surface area contributed by atoms with Gasteiger partial charge in [-0.3, -0.25) is 9.69 Å². The number of nitrogens with zero attached hydrogens (tertiary/aromatic N) is 1. The molecule has 1 aliphatic heterocycles. The number of rotatable bonds is 7. The third-order valence-corrected chi connectivity index (χ3v) is 4.69. The fourth-order valence-electron chi connectivity index (χ4n) is 2.43. The van der Waals surface area contributed by atoms with Crippen LogP contribution < -0.4 is 0 Å². The Labute approximate surface area is 127 Å². The van der Waals surface area contributed by atoms with Crippen molar-refractivity contribution >= 4 is 27.2 Å². The molecule has 1 saturated heterocycles. The quantitative estimate of drug-likeness (QED) is 0.796. The summed E-state index contributed by atoms with van der Waals surface area (Å²) in [5, 5.41) is 12.7. The summed E-state index contributed by atoms with van der Waals surface area (Å²) in [4.78, 5) is 13.4. The Bertz CT molecular complexity index is 625. The van der Waals surface area contributed by atoms with Crippen molar-refractivity contribution < 1.29 is 14.6 Å². The molecule has 1 fully saturated rings. The molecule has 1 aromatic heterocycles. The minimum Gasteiger partial charge on any atom is -0.378 e. The van der Waals surface area contributed by atoms with Crippen molar-refractivity contribution in [2.75, 3.05) is 26.3 Å². The highest BCUT2D eigenvalue weighted by molar-refractivity contribution is 7.17. The Kier molecular flexibility index (Phi) is 4.65. The lowest BCUT2D eigenvalue weighted by Crippen LogP contribution is -2.50. The summed E-state index contributed by atoms with van der Waals surface area (Å²) in [6.45, 7) is 1.77. The number of benzene rings is 1. The maximum absolute atomic E-state index is 11.7. The van der Waals surface area contributed by atoms with E-state index in [9.17, 15) is 9.90 Å². The predicted octanol–water partition coefficient (Wildman–Crippen LogP) is 2.05. The Hall–Kier alpha value is -1.27. The van der Waals surface area contributed by atoms with Crippen molar-refractivity contribution in [3.63, 3.8) is 0 Å². The molecular formula is C16H19NO3S. The second-order valence-corrected chi connectivity index (χ2v) is 6.32. The standard InChI is InChI=1S/C16H19NO3S/c18-14(10-17-6-3-16(17)19)11-20-7-4-12-1-2-15-13(9-12)5-8-21-15/h1-2,5,8-9,16,19H,3-4,6-7,10-11H2. The van der Waals surface area contributed by atoms with Gasteiger partial charge in [-0.15, -0.1) is 11.3 Å². The molecule has 1 atom stereocenters. The molecular weight excluding hydrogens is 286 g/mol. The number of hydrogen-bond donors (Lipinski definition) is 1. The largest absolute Gasteiger partial charge is 0.378 e. The van der Waals surface area contributed by atoms with E-state index in [-0.39, 0.29) is 12.4 Å². The van der Waals surface area contributed by atoms with E-state index in [1.807, 2.05) is 0 Å². The SMILES string of the molecule is O=C(COCCc1ccc2sccc2c1)CN1CCC1O. The molecule has 0 spiro atoms. The van der Waals surface area contributed by atoms with Crippen LogP contribution in [-0.2, 0) is 16.0 Å². The van der Waals surface area contributed by atoms with Gasteiger partial charge in [0.15, 0.2) is 5.78 Å². The number of aliphatic hydroxyl groups excluding tert-OH is 1. The van der Waals surface area contributed by atoms with Crippen LogP contribution in [0.2, 0.25) is 0 Å². The zero-order valence-electron chi connectivity index (χ0n) is 11.8. The summed E-state index contributed by atoms with van der Waals surface area (Å²) in [7, 11) is 0. The van der Waals surface area contributed by atoms with Gasteiger partial charge in [0.25, 0.3) is 0 Å². The zero-order valence-corrected chi connectivity index (χ0v) is 12.6. The summed E-state index contributed by atoms with van der Waals surface area (Å²) >= 11 is 1.74. The van der Waals surface area contributed by atoms with E-state index in [2.05, 4.69) is 29.6 Å². The third-order valence-electron chi connectivity index (χ3n) is 3.79. The summed E-state index contributed by atoms with van der Waals surface area (Å²) < 4.78 is 6.74. The van der Waals surface area contributed by atoms with Gasteiger partial charge in [-0.25, -0.2) is 0 Å². The van der Waals surface area contributed by atoms with Crippen LogP contribution in [0.25, 0.3) is 10.1 Å². The summed E-state index contributed by atoms with van der Waals surface area (Å²) in [5.74, 6) is 0.0297. The van der Waals surface area contributed by atoms with E-state index in [0.29, 0.717) is 13.2 Å². The molecule has 2 aromatic rings. The second kappa shape index (κ2) is 6.66. The number of ketones is 1. The van der Waals surface area contributed by atoms with Gasteiger partial charge in [-0.1, -0.05) is 12.1 Å². The first-order valence-corrected chi connectivity index (χ1v) is 8.08. The lowest BCUT2D eigenvalue weighted by atomic mass is 10.1. The van der Waals surface area contributed by atoms with Crippen LogP contribution in [0, 0.1) is 0 Å². The fourth-order valence-corrected chi connectivity index (χ4v) is 3.20. The first kappa shape index (κ1) is 14.7. The average Bonchev–Trinajstić information content (AvgIpc) is 2.95. The molecule has 0 amide bonds. The maximum atomic E-state index is 11.7. The Morgan fingerprint density at radius 2 is 2.33 bits per heavy atom. The van der Waals surface area contributed by atoms with E-state index in [0.717, 1.165) is 19.4 Å². The minimum atomic E-state index is -0.439. The minimum absolute atomic E-state index is 0.0297. The van der Waals surface area contributed by atoms with Gasteiger partial charge in [-0.2, -0.15) is 0 Å². The van der Waals surface area contributed by atoms with Crippen molar-refractivity contribution in [1.29, 1.82) is 0 Å². The summed E-state index contributed by atoms with van der Waals surface area (Å²) in [5.41, 5.74) is 1.23. The lowest BCUT2D eigenvalue weighted by Gasteiger charge is -2.36. The van der Waals surface area contributed by atoms with Gasteiger partial charge in [-0.05, 0) is 41.3 Å². The molecule has 21 heavy (non-hydrogen) atoms. The van der Waals surface area contributed by atoms with Crippen LogP contribution in [-0.4, -0.2) is 48.3 Å². The van der Waals surface area contributed by atoms with Gasteiger partial charge < -0.3 is 9.84 Å². The van der Waals surface area contributed by atoms with Crippen LogP contribution in [0.4, 0.5) is 0 Å². The monoisotopic (exact) mass is 305 g/mol. The molecule has 0 radical (unpaired) electrons. The van der Waals surface area contributed by atoms with Crippen molar-refractivity contribution in [2.45, 2.75) is 19.1 Å². The topological polar surface area (TPSA) is 49.8 Å². The molecule has 1 unspecified atom stereocenters. The number of thiophene rings is 1. The smallest absolute Gasteiger partial charge is 0.172 e. The van der Waals surface area contributed by atoms with Crippen molar-refractivity contribution in [3.05, 3.63) is 35.2 Å². The number of aliphatic hydroxyl groups is 1. The van der Waals surface area contributed by atoms with Crippen molar-refractivity contribution in [3.8, 4) is 0 Å². The molecule has 112 valence electrons. The zero-order chi connectivity index (χ0) is 14.7. The number of carbonyl (C=O) groups excluding carboxylic acids is 1. The number of hydrogen-bond acceptors (Lipinski definition) is 5. The van der Waals surface area contributed by atoms with Crippen LogP contribution in [0.15, 0.2) is 29.6 Å². The third kappa shape index (κ3) is 3.68. The van der Waals surface area contributed by atoms with Gasteiger partial charge in [0.1, 0.15) is 12.8 Å².